The highest BCUT2D eigenvalue weighted by atomic mass is 32.1. The maximum atomic E-state index is 12.6. The number of hydrogen-bond donors (Lipinski definition) is 1. The summed E-state index contributed by atoms with van der Waals surface area (Å²) in [6, 6.07) is 17.7. The highest BCUT2D eigenvalue weighted by molar-refractivity contribution is 7.80. The van der Waals surface area contributed by atoms with E-state index in [-0.39, 0.29) is 5.91 Å². The molecule has 5 heteroatoms. The second-order valence-corrected chi connectivity index (χ2v) is 7.00. The first kappa shape index (κ1) is 18.1. The van der Waals surface area contributed by atoms with Crippen LogP contribution in [0.25, 0.3) is 6.08 Å². The van der Waals surface area contributed by atoms with Gasteiger partial charge >= 0.3 is 0 Å². The van der Waals surface area contributed by atoms with Crippen LogP contribution in [0.1, 0.15) is 25.0 Å². The van der Waals surface area contributed by atoms with Crippen molar-refractivity contribution >= 4 is 29.3 Å². The number of hydrogen-bond acceptors (Lipinski definition) is 3. The Balaban J connectivity index is 1.78. The Bertz CT molecular complexity index is 831. The van der Waals surface area contributed by atoms with Gasteiger partial charge < -0.3 is 10.1 Å². The molecule has 1 aliphatic rings. The molecule has 0 aliphatic carbocycles. The van der Waals surface area contributed by atoms with Crippen LogP contribution in [0.3, 0.4) is 0 Å². The average Bonchev–Trinajstić information content (AvgIpc) is 2.89. The van der Waals surface area contributed by atoms with E-state index in [0.717, 1.165) is 16.9 Å². The monoisotopic (exact) mass is 366 g/mol. The molecule has 4 nitrogen and oxygen atoms in total. The molecule has 0 unspecified atom stereocenters. The molecule has 1 fully saturated rings. The SMILES string of the molecule is CC(C)CN1C(=O)/C(=C\c2ccccc2OCc2ccccc2)NC1=S. The van der Waals surface area contributed by atoms with Crippen molar-refractivity contribution in [3.05, 3.63) is 71.4 Å². The molecule has 134 valence electrons. The maximum absolute atomic E-state index is 12.6. The van der Waals surface area contributed by atoms with E-state index in [1.807, 2.05) is 54.6 Å². The molecule has 0 radical (unpaired) electrons. The first-order valence-corrected chi connectivity index (χ1v) is 9.05. The average molecular weight is 366 g/mol. The molecule has 0 saturated carbocycles. The van der Waals surface area contributed by atoms with Gasteiger partial charge in [-0.05, 0) is 35.8 Å². The van der Waals surface area contributed by atoms with Crippen LogP contribution in [0.4, 0.5) is 0 Å². The summed E-state index contributed by atoms with van der Waals surface area (Å²) in [4.78, 5) is 14.2. The van der Waals surface area contributed by atoms with Crippen molar-refractivity contribution in [3.63, 3.8) is 0 Å². The van der Waals surface area contributed by atoms with E-state index in [2.05, 4.69) is 19.2 Å². The fourth-order valence-corrected chi connectivity index (χ4v) is 2.99. The molecular weight excluding hydrogens is 344 g/mol. The lowest BCUT2D eigenvalue weighted by Crippen LogP contribution is -2.33. The van der Waals surface area contributed by atoms with E-state index in [1.54, 1.807) is 11.0 Å². The molecule has 2 aromatic carbocycles. The van der Waals surface area contributed by atoms with Crippen LogP contribution < -0.4 is 10.1 Å². The number of nitrogens with one attached hydrogen (secondary N) is 1. The van der Waals surface area contributed by atoms with Gasteiger partial charge in [-0.1, -0.05) is 62.4 Å². The minimum atomic E-state index is -0.0958. The second-order valence-electron chi connectivity index (χ2n) is 6.61. The van der Waals surface area contributed by atoms with Gasteiger partial charge in [-0.2, -0.15) is 0 Å². The van der Waals surface area contributed by atoms with Gasteiger partial charge in [-0.3, -0.25) is 9.69 Å². The lowest BCUT2D eigenvalue weighted by Gasteiger charge is -2.16. The summed E-state index contributed by atoms with van der Waals surface area (Å²) >= 11 is 5.30. The Labute approximate surface area is 159 Å². The molecule has 0 spiro atoms. The number of carbonyl (C=O) groups is 1. The largest absolute Gasteiger partial charge is 0.488 e. The summed E-state index contributed by atoms with van der Waals surface area (Å²) in [6.07, 6.45) is 1.80. The zero-order chi connectivity index (χ0) is 18.5. The molecule has 1 saturated heterocycles. The first-order chi connectivity index (χ1) is 12.5. The normalized spacial score (nSPS) is 15.7. The predicted octanol–water partition coefficient (Wildman–Crippen LogP) is 3.98. The minimum absolute atomic E-state index is 0.0958. The van der Waals surface area contributed by atoms with Gasteiger partial charge in [0.15, 0.2) is 5.11 Å². The standard InChI is InChI=1S/C21H22N2O2S/c1-15(2)13-23-20(24)18(22-21(23)26)12-17-10-6-7-11-19(17)25-14-16-8-4-3-5-9-16/h3-12,15H,13-14H2,1-2H3,(H,22,26)/b18-12+. The Hall–Kier alpha value is -2.66. The van der Waals surface area contributed by atoms with Gasteiger partial charge in [0, 0.05) is 12.1 Å². The summed E-state index contributed by atoms with van der Waals surface area (Å²) in [7, 11) is 0. The van der Waals surface area contributed by atoms with Crippen molar-refractivity contribution in [2.75, 3.05) is 6.54 Å². The van der Waals surface area contributed by atoms with Gasteiger partial charge in [0.1, 0.15) is 18.1 Å². The molecule has 0 aromatic heterocycles. The highest BCUT2D eigenvalue weighted by Crippen LogP contribution is 2.24. The van der Waals surface area contributed by atoms with Gasteiger partial charge in [0.25, 0.3) is 5.91 Å². The zero-order valence-electron chi connectivity index (χ0n) is 14.9. The van der Waals surface area contributed by atoms with E-state index in [0.29, 0.717) is 29.9 Å². The zero-order valence-corrected chi connectivity index (χ0v) is 15.8. The van der Waals surface area contributed by atoms with Gasteiger partial charge in [-0.15, -0.1) is 0 Å². The molecule has 1 heterocycles. The van der Waals surface area contributed by atoms with Gasteiger partial charge in [0.2, 0.25) is 0 Å². The number of rotatable bonds is 6. The van der Waals surface area contributed by atoms with Crippen LogP contribution in [-0.2, 0) is 11.4 Å². The van der Waals surface area contributed by atoms with Crippen molar-refractivity contribution in [3.8, 4) is 5.75 Å². The molecule has 1 amide bonds. The summed E-state index contributed by atoms with van der Waals surface area (Å²) < 4.78 is 5.96. The van der Waals surface area contributed by atoms with E-state index >= 15 is 0 Å². The van der Waals surface area contributed by atoms with Crippen LogP contribution in [-0.4, -0.2) is 22.5 Å². The number of ether oxygens (including phenoxy) is 1. The van der Waals surface area contributed by atoms with E-state index in [4.69, 9.17) is 17.0 Å². The topological polar surface area (TPSA) is 41.6 Å². The maximum Gasteiger partial charge on any atom is 0.276 e. The summed E-state index contributed by atoms with van der Waals surface area (Å²) in [5.74, 6) is 0.979. The number of amides is 1. The van der Waals surface area contributed by atoms with Crippen LogP contribution in [0.2, 0.25) is 0 Å². The van der Waals surface area contributed by atoms with Crippen molar-refractivity contribution in [2.45, 2.75) is 20.5 Å². The van der Waals surface area contributed by atoms with E-state index in [1.165, 1.54) is 0 Å². The molecule has 2 aromatic rings. The number of para-hydroxylation sites is 1. The minimum Gasteiger partial charge on any atom is -0.488 e. The molecule has 0 atom stereocenters. The van der Waals surface area contributed by atoms with Gasteiger partial charge in [0.05, 0.1) is 0 Å². The Morgan fingerprint density at radius 2 is 1.81 bits per heavy atom. The van der Waals surface area contributed by atoms with Crippen molar-refractivity contribution in [1.29, 1.82) is 0 Å². The smallest absolute Gasteiger partial charge is 0.276 e. The van der Waals surface area contributed by atoms with Crippen LogP contribution in [0.5, 0.6) is 5.75 Å². The Morgan fingerprint density at radius 1 is 1.12 bits per heavy atom. The van der Waals surface area contributed by atoms with Crippen molar-refractivity contribution in [2.24, 2.45) is 5.92 Å². The summed E-state index contributed by atoms with van der Waals surface area (Å²) in [5.41, 5.74) is 2.41. The lowest BCUT2D eigenvalue weighted by molar-refractivity contribution is -0.122. The lowest BCUT2D eigenvalue weighted by atomic mass is 10.1. The quantitative estimate of drug-likeness (QED) is 0.620. The molecular formula is C21H22N2O2S. The van der Waals surface area contributed by atoms with Crippen molar-refractivity contribution in [1.82, 2.24) is 10.2 Å². The molecule has 26 heavy (non-hydrogen) atoms. The molecule has 0 bridgehead atoms. The molecule has 1 N–H and O–H groups in total. The number of nitrogens with zero attached hydrogens (tertiary/aromatic N) is 1. The number of benzene rings is 2. The molecule has 1 aliphatic heterocycles. The van der Waals surface area contributed by atoms with E-state index < -0.39 is 0 Å². The number of thiocarbonyl (C=S) groups is 1. The third-order valence-corrected chi connectivity index (χ3v) is 4.29. The Morgan fingerprint density at radius 3 is 2.54 bits per heavy atom. The van der Waals surface area contributed by atoms with Crippen LogP contribution >= 0.6 is 12.2 Å². The predicted molar refractivity (Wildman–Crippen MR) is 107 cm³/mol. The van der Waals surface area contributed by atoms with Crippen LogP contribution in [0.15, 0.2) is 60.3 Å². The Kier molecular flexibility index (Phi) is 5.68. The fourth-order valence-electron chi connectivity index (χ4n) is 2.72. The fraction of sp³-hybridized carbons (Fsp3) is 0.238. The van der Waals surface area contributed by atoms with Crippen molar-refractivity contribution < 1.29 is 9.53 Å². The number of carbonyl (C=O) groups excluding carboxylic acids is 1. The highest BCUT2D eigenvalue weighted by Gasteiger charge is 2.30. The summed E-state index contributed by atoms with van der Waals surface area (Å²) in [5, 5.41) is 3.48. The second kappa shape index (κ2) is 8.15. The molecule has 3 rings (SSSR count). The third kappa shape index (κ3) is 4.29. The van der Waals surface area contributed by atoms with Gasteiger partial charge in [-0.25, -0.2) is 0 Å². The van der Waals surface area contributed by atoms with Crippen LogP contribution in [0, 0.1) is 5.92 Å². The first-order valence-electron chi connectivity index (χ1n) is 8.65. The summed E-state index contributed by atoms with van der Waals surface area (Å²) in [6.45, 7) is 5.20. The third-order valence-electron chi connectivity index (χ3n) is 3.97. The van der Waals surface area contributed by atoms with E-state index in [9.17, 15) is 4.79 Å².